The van der Waals surface area contributed by atoms with Gasteiger partial charge in [-0.2, -0.15) is 0 Å². The molecule has 1 fully saturated rings. The zero-order valence-corrected chi connectivity index (χ0v) is 9.36. The monoisotopic (exact) mass is 198 g/mol. The number of piperidine rings is 1. The van der Waals surface area contributed by atoms with Crippen LogP contribution in [-0.4, -0.2) is 25.5 Å². The predicted octanol–water partition coefficient (Wildman–Crippen LogP) is 1.29. The molecule has 0 aromatic carbocycles. The van der Waals surface area contributed by atoms with Crippen LogP contribution < -0.4 is 10.6 Å². The minimum atomic E-state index is -0.0734. The van der Waals surface area contributed by atoms with Gasteiger partial charge in [-0.1, -0.05) is 13.3 Å². The molecule has 1 amide bonds. The minimum Gasteiger partial charge on any atom is -0.356 e. The highest BCUT2D eigenvalue weighted by Crippen LogP contribution is 2.34. The minimum absolute atomic E-state index is 0.0734. The maximum Gasteiger partial charge on any atom is 0.226 e. The van der Waals surface area contributed by atoms with E-state index >= 15 is 0 Å². The molecule has 1 aliphatic rings. The van der Waals surface area contributed by atoms with Gasteiger partial charge in [0.1, 0.15) is 0 Å². The Kier molecular flexibility index (Phi) is 4.39. The van der Waals surface area contributed by atoms with Gasteiger partial charge in [0.05, 0.1) is 5.41 Å². The van der Waals surface area contributed by atoms with Crippen molar-refractivity contribution in [1.29, 1.82) is 0 Å². The van der Waals surface area contributed by atoms with Crippen molar-refractivity contribution in [2.45, 2.75) is 39.5 Å². The highest BCUT2D eigenvalue weighted by atomic mass is 16.2. The lowest BCUT2D eigenvalue weighted by molar-refractivity contribution is -0.133. The van der Waals surface area contributed by atoms with E-state index in [0.29, 0.717) is 0 Å². The average molecular weight is 198 g/mol. The molecule has 0 aromatic heterocycles. The molecule has 2 N–H and O–H groups in total. The molecule has 3 heteroatoms. The van der Waals surface area contributed by atoms with Crippen LogP contribution in [0.1, 0.15) is 39.5 Å². The Hall–Kier alpha value is -0.570. The first kappa shape index (κ1) is 11.5. The third-order valence-electron chi connectivity index (χ3n) is 3.11. The van der Waals surface area contributed by atoms with Gasteiger partial charge in [0.25, 0.3) is 0 Å². The SMILES string of the molecule is CCCC1(C(=O)NCC)CCNCC1. The second-order valence-electron chi connectivity index (χ2n) is 4.14. The molecular formula is C11H22N2O. The van der Waals surface area contributed by atoms with Crippen LogP contribution in [-0.2, 0) is 4.79 Å². The molecule has 0 saturated carbocycles. The zero-order valence-electron chi connectivity index (χ0n) is 9.36. The number of nitrogens with one attached hydrogen (secondary N) is 2. The molecule has 0 spiro atoms. The van der Waals surface area contributed by atoms with Gasteiger partial charge in [-0.05, 0) is 39.3 Å². The van der Waals surface area contributed by atoms with Crippen molar-refractivity contribution in [2.24, 2.45) is 5.41 Å². The number of rotatable bonds is 4. The molecule has 82 valence electrons. The molecule has 0 radical (unpaired) electrons. The van der Waals surface area contributed by atoms with E-state index in [1.54, 1.807) is 0 Å². The Morgan fingerprint density at radius 1 is 1.36 bits per heavy atom. The fourth-order valence-corrected chi connectivity index (χ4v) is 2.32. The molecule has 1 saturated heterocycles. The van der Waals surface area contributed by atoms with E-state index in [2.05, 4.69) is 17.6 Å². The Morgan fingerprint density at radius 2 is 2.00 bits per heavy atom. The molecular weight excluding hydrogens is 176 g/mol. The molecule has 1 heterocycles. The van der Waals surface area contributed by atoms with Gasteiger partial charge in [-0.25, -0.2) is 0 Å². The Labute approximate surface area is 86.6 Å². The fraction of sp³-hybridized carbons (Fsp3) is 0.909. The van der Waals surface area contributed by atoms with Crippen molar-refractivity contribution in [3.05, 3.63) is 0 Å². The van der Waals surface area contributed by atoms with Crippen molar-refractivity contribution in [2.75, 3.05) is 19.6 Å². The molecule has 0 atom stereocenters. The van der Waals surface area contributed by atoms with Gasteiger partial charge >= 0.3 is 0 Å². The summed E-state index contributed by atoms with van der Waals surface area (Å²) in [5.41, 5.74) is -0.0734. The average Bonchev–Trinajstić information content (AvgIpc) is 2.20. The van der Waals surface area contributed by atoms with Gasteiger partial charge < -0.3 is 10.6 Å². The van der Waals surface area contributed by atoms with Gasteiger partial charge in [-0.15, -0.1) is 0 Å². The molecule has 3 nitrogen and oxygen atoms in total. The van der Waals surface area contributed by atoms with E-state index in [1.807, 2.05) is 6.92 Å². The third kappa shape index (κ3) is 2.47. The number of amides is 1. The maximum atomic E-state index is 12.0. The standard InChI is InChI=1S/C11H22N2O/c1-3-5-11(10(14)13-4-2)6-8-12-9-7-11/h12H,3-9H2,1-2H3,(H,13,14). The summed E-state index contributed by atoms with van der Waals surface area (Å²) < 4.78 is 0. The van der Waals surface area contributed by atoms with Crippen LogP contribution in [0.15, 0.2) is 0 Å². The zero-order chi connectivity index (χ0) is 10.4. The summed E-state index contributed by atoms with van der Waals surface area (Å²) in [6.07, 6.45) is 4.11. The van der Waals surface area contributed by atoms with Crippen molar-refractivity contribution in [3.8, 4) is 0 Å². The maximum absolute atomic E-state index is 12.0. The largest absolute Gasteiger partial charge is 0.356 e. The Bertz CT molecular complexity index is 180. The summed E-state index contributed by atoms with van der Waals surface area (Å²) in [5.74, 6) is 0.267. The van der Waals surface area contributed by atoms with Crippen LogP contribution in [0.3, 0.4) is 0 Å². The Morgan fingerprint density at radius 3 is 2.50 bits per heavy atom. The van der Waals surface area contributed by atoms with E-state index in [9.17, 15) is 4.79 Å². The lowest BCUT2D eigenvalue weighted by Crippen LogP contribution is -2.47. The molecule has 1 rings (SSSR count). The van der Waals surface area contributed by atoms with Crippen molar-refractivity contribution in [1.82, 2.24) is 10.6 Å². The summed E-state index contributed by atoms with van der Waals surface area (Å²) in [6, 6.07) is 0. The Balaban J connectivity index is 2.63. The molecule has 0 bridgehead atoms. The topological polar surface area (TPSA) is 41.1 Å². The number of carbonyl (C=O) groups excluding carboxylic acids is 1. The lowest BCUT2D eigenvalue weighted by atomic mass is 9.74. The summed E-state index contributed by atoms with van der Waals surface area (Å²) in [5, 5.41) is 6.29. The van der Waals surface area contributed by atoms with Crippen LogP contribution in [0.5, 0.6) is 0 Å². The van der Waals surface area contributed by atoms with E-state index in [1.165, 1.54) is 0 Å². The van der Waals surface area contributed by atoms with Crippen LogP contribution in [0.25, 0.3) is 0 Å². The highest BCUT2D eigenvalue weighted by molar-refractivity contribution is 5.82. The number of carbonyl (C=O) groups is 1. The van der Waals surface area contributed by atoms with Gasteiger partial charge in [0.15, 0.2) is 0 Å². The first-order valence-corrected chi connectivity index (χ1v) is 5.74. The van der Waals surface area contributed by atoms with Crippen LogP contribution in [0.4, 0.5) is 0 Å². The van der Waals surface area contributed by atoms with E-state index < -0.39 is 0 Å². The van der Waals surface area contributed by atoms with E-state index in [-0.39, 0.29) is 11.3 Å². The van der Waals surface area contributed by atoms with Crippen LogP contribution in [0.2, 0.25) is 0 Å². The highest BCUT2D eigenvalue weighted by Gasteiger charge is 2.37. The van der Waals surface area contributed by atoms with E-state index in [4.69, 9.17) is 0 Å². The fourth-order valence-electron chi connectivity index (χ4n) is 2.32. The summed E-state index contributed by atoms with van der Waals surface area (Å²) in [4.78, 5) is 12.0. The first-order chi connectivity index (χ1) is 6.75. The first-order valence-electron chi connectivity index (χ1n) is 5.74. The second kappa shape index (κ2) is 5.35. The van der Waals surface area contributed by atoms with Gasteiger partial charge in [0, 0.05) is 6.54 Å². The molecule has 0 aromatic rings. The number of hydrogen-bond donors (Lipinski definition) is 2. The van der Waals surface area contributed by atoms with Gasteiger partial charge in [0.2, 0.25) is 5.91 Å². The molecule has 14 heavy (non-hydrogen) atoms. The molecule has 0 unspecified atom stereocenters. The summed E-state index contributed by atoms with van der Waals surface area (Å²) >= 11 is 0. The lowest BCUT2D eigenvalue weighted by Gasteiger charge is -2.36. The number of hydrogen-bond acceptors (Lipinski definition) is 2. The predicted molar refractivity (Wildman–Crippen MR) is 58.1 cm³/mol. The summed E-state index contributed by atoms with van der Waals surface area (Å²) in [6.45, 7) is 6.85. The van der Waals surface area contributed by atoms with Crippen molar-refractivity contribution in [3.63, 3.8) is 0 Å². The quantitative estimate of drug-likeness (QED) is 0.714. The smallest absolute Gasteiger partial charge is 0.226 e. The third-order valence-corrected chi connectivity index (χ3v) is 3.11. The summed E-state index contributed by atoms with van der Waals surface area (Å²) in [7, 11) is 0. The van der Waals surface area contributed by atoms with Crippen molar-refractivity contribution < 1.29 is 4.79 Å². The normalized spacial score (nSPS) is 20.4. The van der Waals surface area contributed by atoms with E-state index in [0.717, 1.165) is 45.3 Å². The van der Waals surface area contributed by atoms with Gasteiger partial charge in [-0.3, -0.25) is 4.79 Å². The molecule has 1 aliphatic heterocycles. The second-order valence-corrected chi connectivity index (χ2v) is 4.14. The van der Waals surface area contributed by atoms with Crippen molar-refractivity contribution >= 4 is 5.91 Å². The van der Waals surface area contributed by atoms with Crippen LogP contribution in [0, 0.1) is 5.41 Å². The molecule has 0 aliphatic carbocycles. The van der Waals surface area contributed by atoms with Crippen LogP contribution >= 0.6 is 0 Å².